The topological polar surface area (TPSA) is 64.4 Å². The zero-order valence-corrected chi connectivity index (χ0v) is 11.5. The van der Waals surface area contributed by atoms with Crippen molar-refractivity contribution in [2.75, 3.05) is 26.7 Å². The molecule has 1 aliphatic carbocycles. The highest BCUT2D eigenvalue weighted by molar-refractivity contribution is 5.89. The third-order valence-corrected chi connectivity index (χ3v) is 4.26. The lowest BCUT2D eigenvalue weighted by atomic mass is 9.86. The maximum absolute atomic E-state index is 12.4. The van der Waals surface area contributed by atoms with E-state index in [1.54, 1.807) is 11.9 Å². The van der Waals surface area contributed by atoms with E-state index in [0.29, 0.717) is 12.8 Å². The minimum atomic E-state index is -0.875. The van der Waals surface area contributed by atoms with Gasteiger partial charge in [-0.3, -0.25) is 9.59 Å². The molecule has 5 heteroatoms. The second-order valence-electron chi connectivity index (χ2n) is 5.65. The molecule has 2 amide bonds. The van der Waals surface area contributed by atoms with E-state index in [1.807, 2.05) is 0 Å². The van der Waals surface area contributed by atoms with Crippen molar-refractivity contribution in [3.8, 4) is 6.07 Å². The number of nitriles is 1. The van der Waals surface area contributed by atoms with Gasteiger partial charge in [-0.25, -0.2) is 0 Å². The molecule has 1 saturated carbocycles. The standard InChI is InChI=1S/C14H21N3O2/c1-16(10-12(18)17-8-4-5-9-17)13(19)14(11-15)6-2-3-7-14/h2-10H2,1H3. The summed E-state index contributed by atoms with van der Waals surface area (Å²) in [6.45, 7) is 1.69. The number of likely N-dealkylation sites (tertiary alicyclic amines) is 1. The third-order valence-electron chi connectivity index (χ3n) is 4.26. The van der Waals surface area contributed by atoms with E-state index < -0.39 is 5.41 Å². The van der Waals surface area contributed by atoms with Gasteiger partial charge in [0.15, 0.2) is 0 Å². The smallest absolute Gasteiger partial charge is 0.243 e. The summed E-state index contributed by atoms with van der Waals surface area (Å²) >= 11 is 0. The van der Waals surface area contributed by atoms with Crippen molar-refractivity contribution in [3.05, 3.63) is 0 Å². The van der Waals surface area contributed by atoms with Crippen molar-refractivity contribution in [2.24, 2.45) is 5.41 Å². The summed E-state index contributed by atoms with van der Waals surface area (Å²) in [5.41, 5.74) is -0.875. The first-order valence-electron chi connectivity index (χ1n) is 7.04. The van der Waals surface area contributed by atoms with Crippen LogP contribution in [-0.4, -0.2) is 48.3 Å². The van der Waals surface area contributed by atoms with Crippen LogP contribution in [-0.2, 0) is 9.59 Å². The number of likely N-dealkylation sites (N-methyl/N-ethyl adjacent to an activating group) is 1. The predicted molar refractivity (Wildman–Crippen MR) is 70.0 cm³/mol. The van der Waals surface area contributed by atoms with Gasteiger partial charge >= 0.3 is 0 Å². The van der Waals surface area contributed by atoms with E-state index in [0.717, 1.165) is 38.8 Å². The first kappa shape index (κ1) is 13.9. The molecule has 0 aromatic carbocycles. The summed E-state index contributed by atoms with van der Waals surface area (Å²) in [5, 5.41) is 9.29. The summed E-state index contributed by atoms with van der Waals surface area (Å²) in [7, 11) is 1.63. The zero-order chi connectivity index (χ0) is 13.9. The van der Waals surface area contributed by atoms with Gasteiger partial charge in [0, 0.05) is 20.1 Å². The van der Waals surface area contributed by atoms with Gasteiger partial charge in [-0.2, -0.15) is 5.26 Å². The van der Waals surface area contributed by atoms with Crippen molar-refractivity contribution in [1.29, 1.82) is 5.26 Å². The molecule has 1 aliphatic heterocycles. The first-order valence-corrected chi connectivity index (χ1v) is 7.04. The molecule has 0 aromatic heterocycles. The quantitative estimate of drug-likeness (QED) is 0.767. The van der Waals surface area contributed by atoms with Crippen molar-refractivity contribution < 1.29 is 9.59 Å². The second-order valence-corrected chi connectivity index (χ2v) is 5.65. The molecule has 0 aromatic rings. The molecule has 0 atom stereocenters. The van der Waals surface area contributed by atoms with Gasteiger partial charge in [-0.15, -0.1) is 0 Å². The largest absolute Gasteiger partial charge is 0.341 e. The Morgan fingerprint density at radius 2 is 1.79 bits per heavy atom. The van der Waals surface area contributed by atoms with Gasteiger partial charge in [0.2, 0.25) is 11.8 Å². The van der Waals surface area contributed by atoms with Crippen LogP contribution in [0.4, 0.5) is 0 Å². The molecule has 5 nitrogen and oxygen atoms in total. The maximum Gasteiger partial charge on any atom is 0.243 e. The molecular weight excluding hydrogens is 242 g/mol. The van der Waals surface area contributed by atoms with E-state index in [9.17, 15) is 14.9 Å². The maximum atomic E-state index is 12.4. The molecule has 2 fully saturated rings. The van der Waals surface area contributed by atoms with E-state index in [-0.39, 0.29) is 18.4 Å². The average Bonchev–Trinajstić information content (AvgIpc) is 3.09. The highest BCUT2D eigenvalue weighted by Crippen LogP contribution is 2.38. The van der Waals surface area contributed by atoms with E-state index in [1.165, 1.54) is 4.90 Å². The summed E-state index contributed by atoms with van der Waals surface area (Å²) in [6.07, 6.45) is 5.20. The molecule has 19 heavy (non-hydrogen) atoms. The molecule has 104 valence electrons. The number of nitrogens with zero attached hydrogens (tertiary/aromatic N) is 3. The Morgan fingerprint density at radius 1 is 1.21 bits per heavy atom. The van der Waals surface area contributed by atoms with Crippen LogP contribution in [0, 0.1) is 16.7 Å². The Kier molecular flexibility index (Phi) is 4.08. The Hall–Kier alpha value is -1.57. The lowest BCUT2D eigenvalue weighted by Crippen LogP contribution is -2.45. The number of amides is 2. The average molecular weight is 263 g/mol. The Morgan fingerprint density at radius 3 is 2.32 bits per heavy atom. The summed E-state index contributed by atoms with van der Waals surface area (Å²) in [6, 6.07) is 2.18. The summed E-state index contributed by atoms with van der Waals surface area (Å²) in [4.78, 5) is 27.6. The highest BCUT2D eigenvalue weighted by atomic mass is 16.2. The molecule has 2 aliphatic rings. The van der Waals surface area contributed by atoms with Crippen molar-refractivity contribution in [1.82, 2.24) is 9.80 Å². The van der Waals surface area contributed by atoms with Gasteiger partial charge in [0.25, 0.3) is 0 Å². The van der Waals surface area contributed by atoms with E-state index in [4.69, 9.17) is 0 Å². The minimum Gasteiger partial charge on any atom is -0.341 e. The van der Waals surface area contributed by atoms with Crippen molar-refractivity contribution >= 4 is 11.8 Å². The normalized spacial score (nSPS) is 21.2. The zero-order valence-electron chi connectivity index (χ0n) is 11.5. The molecule has 0 bridgehead atoms. The van der Waals surface area contributed by atoms with Gasteiger partial charge in [-0.05, 0) is 25.7 Å². The highest BCUT2D eigenvalue weighted by Gasteiger charge is 2.43. The summed E-state index contributed by atoms with van der Waals surface area (Å²) < 4.78 is 0. The fourth-order valence-corrected chi connectivity index (χ4v) is 3.06. The van der Waals surface area contributed by atoms with Crippen molar-refractivity contribution in [2.45, 2.75) is 38.5 Å². The molecule has 0 unspecified atom stereocenters. The van der Waals surface area contributed by atoms with Crippen LogP contribution in [0.5, 0.6) is 0 Å². The molecule has 1 heterocycles. The van der Waals surface area contributed by atoms with Gasteiger partial charge in [0.05, 0.1) is 12.6 Å². The van der Waals surface area contributed by atoms with E-state index >= 15 is 0 Å². The lowest BCUT2D eigenvalue weighted by Gasteiger charge is -2.27. The SMILES string of the molecule is CN(CC(=O)N1CCCC1)C(=O)C1(C#N)CCCC1. The minimum absolute atomic E-state index is 0.000522. The first-order chi connectivity index (χ1) is 9.09. The van der Waals surface area contributed by atoms with Crippen LogP contribution >= 0.6 is 0 Å². The van der Waals surface area contributed by atoms with Crippen LogP contribution in [0.25, 0.3) is 0 Å². The fraction of sp³-hybridized carbons (Fsp3) is 0.786. The number of hydrogen-bond donors (Lipinski definition) is 0. The molecule has 2 rings (SSSR count). The van der Waals surface area contributed by atoms with Gasteiger partial charge < -0.3 is 9.80 Å². The number of carbonyl (C=O) groups excluding carboxylic acids is 2. The van der Waals surface area contributed by atoms with Crippen LogP contribution in [0.15, 0.2) is 0 Å². The summed E-state index contributed by atoms with van der Waals surface area (Å²) in [5.74, 6) is -0.181. The van der Waals surface area contributed by atoms with Gasteiger partial charge in [0.1, 0.15) is 5.41 Å². The molecule has 0 N–H and O–H groups in total. The molecule has 0 spiro atoms. The fourth-order valence-electron chi connectivity index (χ4n) is 3.06. The van der Waals surface area contributed by atoms with Crippen LogP contribution in [0.2, 0.25) is 0 Å². The van der Waals surface area contributed by atoms with Crippen molar-refractivity contribution in [3.63, 3.8) is 0 Å². The number of hydrogen-bond acceptors (Lipinski definition) is 3. The molecular formula is C14H21N3O2. The molecule has 0 radical (unpaired) electrons. The third kappa shape index (κ3) is 2.73. The second kappa shape index (κ2) is 5.60. The van der Waals surface area contributed by atoms with Gasteiger partial charge in [-0.1, -0.05) is 12.8 Å². The number of carbonyl (C=O) groups is 2. The van der Waals surface area contributed by atoms with Crippen LogP contribution in [0.3, 0.4) is 0 Å². The molecule has 1 saturated heterocycles. The van der Waals surface area contributed by atoms with Crippen LogP contribution < -0.4 is 0 Å². The monoisotopic (exact) mass is 263 g/mol. The Bertz CT molecular complexity index is 401. The Labute approximate surface area is 114 Å². The van der Waals surface area contributed by atoms with Crippen LogP contribution in [0.1, 0.15) is 38.5 Å². The number of rotatable bonds is 3. The predicted octanol–water partition coefficient (Wildman–Crippen LogP) is 1.15. The lowest BCUT2D eigenvalue weighted by molar-refractivity contribution is -0.143. The Balaban J connectivity index is 1.95. The van der Waals surface area contributed by atoms with E-state index in [2.05, 4.69) is 6.07 Å².